The third-order valence-corrected chi connectivity index (χ3v) is 7.28. The number of hydrogen-bond acceptors (Lipinski definition) is 13. The molecule has 0 heterocycles. The number of carboxylic acid groups (broad SMARTS) is 3. The SMILES string of the molecule is CC(C)(C)OC(=O)C[C@H](NC(=O)OCc1ccccc1)C(=O)O.NC(=O)CC[C@H](NC(=O)OCc1ccccc1)C(=O)O.NC(=O)C[C@H](NC(=O)OCc1ccccc1)C(=O)O. The lowest BCUT2D eigenvalue weighted by molar-refractivity contribution is -0.158. The zero-order valence-electron chi connectivity index (χ0n) is 34.1. The van der Waals surface area contributed by atoms with Gasteiger partial charge in [0, 0.05) is 6.42 Å². The van der Waals surface area contributed by atoms with E-state index >= 15 is 0 Å². The number of rotatable bonds is 19. The van der Waals surface area contributed by atoms with Gasteiger partial charge in [-0.25, -0.2) is 28.8 Å². The lowest BCUT2D eigenvalue weighted by atomic mass is 10.1. The molecule has 0 aliphatic heterocycles. The first-order chi connectivity index (χ1) is 29.1. The molecular weight excluding hydrogens is 818 g/mol. The van der Waals surface area contributed by atoms with Crippen LogP contribution in [0.2, 0.25) is 0 Å². The fourth-order valence-corrected chi connectivity index (χ4v) is 4.42. The van der Waals surface area contributed by atoms with Gasteiger partial charge in [0.25, 0.3) is 0 Å². The van der Waals surface area contributed by atoms with Gasteiger partial charge >= 0.3 is 42.2 Å². The van der Waals surface area contributed by atoms with Crippen LogP contribution in [0.25, 0.3) is 0 Å². The van der Waals surface area contributed by atoms with Gasteiger partial charge < -0.3 is 61.7 Å². The third kappa shape index (κ3) is 25.6. The van der Waals surface area contributed by atoms with Crippen molar-refractivity contribution in [1.29, 1.82) is 0 Å². The van der Waals surface area contributed by atoms with E-state index < -0.39 is 90.5 Å². The van der Waals surface area contributed by atoms with Gasteiger partial charge in [-0.1, -0.05) is 91.0 Å². The third-order valence-electron chi connectivity index (χ3n) is 7.28. The van der Waals surface area contributed by atoms with Crippen molar-refractivity contribution in [2.45, 2.75) is 90.0 Å². The van der Waals surface area contributed by atoms with Crippen LogP contribution in [0.3, 0.4) is 0 Å². The summed E-state index contributed by atoms with van der Waals surface area (Å²) in [6.45, 7) is 5.06. The molecule has 0 saturated carbocycles. The number of carboxylic acids is 3. The molecule has 0 unspecified atom stereocenters. The number of ether oxygens (including phenoxy) is 4. The lowest BCUT2D eigenvalue weighted by Crippen LogP contribution is -2.43. The van der Waals surface area contributed by atoms with E-state index in [0.29, 0.717) is 0 Å². The molecule has 0 aliphatic rings. The van der Waals surface area contributed by atoms with Crippen molar-refractivity contribution in [3.05, 3.63) is 108 Å². The van der Waals surface area contributed by atoms with Crippen LogP contribution in [-0.4, -0.2) is 93.0 Å². The summed E-state index contributed by atoms with van der Waals surface area (Å²) in [6, 6.07) is 22.8. The number of primary amides is 2. The lowest BCUT2D eigenvalue weighted by Gasteiger charge is -2.21. The van der Waals surface area contributed by atoms with Gasteiger partial charge in [0.2, 0.25) is 11.8 Å². The predicted octanol–water partition coefficient (Wildman–Crippen LogP) is 2.97. The molecule has 3 rings (SSSR count). The Hall–Kier alpha value is -7.71. The Kier molecular flexibility index (Phi) is 23.5. The van der Waals surface area contributed by atoms with E-state index in [2.05, 4.69) is 16.0 Å². The highest BCUT2D eigenvalue weighted by Crippen LogP contribution is 2.10. The van der Waals surface area contributed by atoms with Crippen molar-refractivity contribution in [2.75, 3.05) is 0 Å². The molecule has 0 aromatic heterocycles. The standard InChI is InChI=1S/C16H21NO6.C13H16N2O5.C12H14N2O5/c1-16(2,3)23-13(18)9-12(14(19)20)17-15(21)22-10-11-7-5-4-6-8-11;14-11(16)7-6-10(12(17)18)15-13(19)20-8-9-4-2-1-3-5-9;13-10(15)6-9(11(16)17)14-12(18)19-7-8-4-2-1-3-5-8/h4-8,12H,9-10H2,1-3H3,(H,17,21)(H,19,20);1-5,10H,6-8H2,(H2,14,16)(H,15,19)(H,17,18);1-5,9H,6-7H2,(H2,13,15)(H,14,18)(H,16,17)/t12-;10-;9-/m000/s1. The molecule has 0 saturated heterocycles. The van der Waals surface area contributed by atoms with Gasteiger partial charge in [-0.3, -0.25) is 14.4 Å². The van der Waals surface area contributed by atoms with Crippen LogP contribution in [-0.2, 0) is 67.5 Å². The molecule has 0 spiro atoms. The molecule has 0 radical (unpaired) electrons. The van der Waals surface area contributed by atoms with Crippen LogP contribution in [0.15, 0.2) is 91.0 Å². The van der Waals surface area contributed by atoms with Crippen molar-refractivity contribution in [3.63, 3.8) is 0 Å². The van der Waals surface area contributed by atoms with Crippen LogP contribution in [0.1, 0.15) is 63.1 Å². The Balaban J connectivity index is 0.000000467. The van der Waals surface area contributed by atoms with Crippen LogP contribution >= 0.6 is 0 Å². The Bertz CT molecular complexity index is 1930. The van der Waals surface area contributed by atoms with Crippen molar-refractivity contribution in [2.24, 2.45) is 11.5 Å². The van der Waals surface area contributed by atoms with E-state index in [1.165, 1.54) is 0 Å². The van der Waals surface area contributed by atoms with Crippen LogP contribution in [0.4, 0.5) is 14.4 Å². The molecule has 21 heteroatoms. The summed E-state index contributed by atoms with van der Waals surface area (Å²) < 4.78 is 19.7. The molecular formula is C41H51N5O16. The highest BCUT2D eigenvalue weighted by Gasteiger charge is 2.27. The average Bonchev–Trinajstić information content (AvgIpc) is 3.20. The highest BCUT2D eigenvalue weighted by molar-refractivity contribution is 5.87. The quantitative estimate of drug-likeness (QED) is 0.0634. The number of benzene rings is 3. The molecule has 5 amide bonds. The average molecular weight is 870 g/mol. The smallest absolute Gasteiger partial charge is 0.408 e. The summed E-state index contributed by atoms with van der Waals surface area (Å²) in [5, 5.41) is 33.1. The maximum atomic E-state index is 11.7. The molecule has 62 heavy (non-hydrogen) atoms. The number of hydrogen-bond donors (Lipinski definition) is 8. The summed E-state index contributed by atoms with van der Waals surface area (Å²) in [5.41, 5.74) is 11.4. The van der Waals surface area contributed by atoms with Gasteiger partial charge in [-0.15, -0.1) is 0 Å². The Labute approximate surface area is 356 Å². The first-order valence-corrected chi connectivity index (χ1v) is 18.5. The number of alkyl carbamates (subject to hydrolysis) is 3. The molecule has 10 N–H and O–H groups in total. The minimum atomic E-state index is -1.41. The van der Waals surface area contributed by atoms with Gasteiger partial charge in [0.05, 0.1) is 12.8 Å². The molecule has 336 valence electrons. The fraction of sp³-hybridized carbons (Fsp3) is 0.341. The minimum Gasteiger partial charge on any atom is -0.480 e. The topological polar surface area (TPSA) is 339 Å². The summed E-state index contributed by atoms with van der Waals surface area (Å²) >= 11 is 0. The second kappa shape index (κ2) is 27.9. The van der Waals surface area contributed by atoms with Gasteiger partial charge in [-0.2, -0.15) is 0 Å². The second-order valence-corrected chi connectivity index (χ2v) is 13.8. The number of esters is 1. The maximum Gasteiger partial charge on any atom is 0.408 e. The van der Waals surface area contributed by atoms with Gasteiger partial charge in [-0.05, 0) is 43.9 Å². The maximum absolute atomic E-state index is 11.7. The number of nitrogens with one attached hydrogen (secondary N) is 3. The van der Waals surface area contributed by atoms with E-state index in [4.69, 9.17) is 45.7 Å². The minimum absolute atomic E-state index is 0.00541. The number of amides is 5. The summed E-state index contributed by atoms with van der Waals surface area (Å²) in [6.07, 6.45) is -3.86. The van der Waals surface area contributed by atoms with Crippen molar-refractivity contribution < 1.29 is 77.4 Å². The molecule has 0 fully saturated rings. The zero-order valence-corrected chi connectivity index (χ0v) is 34.1. The molecule has 3 atom stereocenters. The number of carbonyl (C=O) groups is 9. The molecule has 21 nitrogen and oxygen atoms in total. The number of aliphatic carboxylic acids is 3. The summed E-state index contributed by atoms with van der Waals surface area (Å²) in [7, 11) is 0. The van der Waals surface area contributed by atoms with Crippen LogP contribution in [0.5, 0.6) is 0 Å². The molecule has 3 aromatic carbocycles. The number of nitrogens with two attached hydrogens (primary N) is 2. The van der Waals surface area contributed by atoms with E-state index in [0.717, 1.165) is 16.7 Å². The molecule has 0 aliphatic carbocycles. The van der Waals surface area contributed by atoms with E-state index in [1.807, 2.05) is 18.2 Å². The second-order valence-electron chi connectivity index (χ2n) is 13.8. The number of carbonyl (C=O) groups excluding carboxylic acids is 6. The Morgan fingerprint density at radius 1 is 0.516 bits per heavy atom. The summed E-state index contributed by atoms with van der Waals surface area (Å²) in [4.78, 5) is 100. The van der Waals surface area contributed by atoms with E-state index in [-0.39, 0.29) is 32.7 Å². The summed E-state index contributed by atoms with van der Waals surface area (Å²) in [5.74, 6) is -6.11. The first-order valence-electron chi connectivity index (χ1n) is 18.5. The van der Waals surface area contributed by atoms with Crippen LogP contribution in [0, 0.1) is 0 Å². The highest BCUT2D eigenvalue weighted by atomic mass is 16.6. The van der Waals surface area contributed by atoms with Gasteiger partial charge in [0.15, 0.2) is 0 Å². The fourth-order valence-electron chi connectivity index (χ4n) is 4.42. The van der Waals surface area contributed by atoms with E-state index in [9.17, 15) is 43.2 Å². The Morgan fingerprint density at radius 2 is 0.839 bits per heavy atom. The van der Waals surface area contributed by atoms with Crippen molar-refractivity contribution in [1.82, 2.24) is 16.0 Å². The molecule has 0 bridgehead atoms. The largest absolute Gasteiger partial charge is 0.480 e. The molecule has 3 aromatic rings. The van der Waals surface area contributed by atoms with Crippen molar-refractivity contribution >= 4 is 54.0 Å². The van der Waals surface area contributed by atoms with Crippen LogP contribution < -0.4 is 27.4 Å². The predicted molar refractivity (Wildman–Crippen MR) is 216 cm³/mol. The van der Waals surface area contributed by atoms with Gasteiger partial charge in [0.1, 0.15) is 43.5 Å². The van der Waals surface area contributed by atoms with E-state index in [1.54, 1.807) is 93.6 Å². The normalized spacial score (nSPS) is 11.7. The Morgan fingerprint density at radius 3 is 1.13 bits per heavy atom. The first kappa shape index (κ1) is 52.3. The monoisotopic (exact) mass is 869 g/mol. The zero-order chi connectivity index (χ0) is 46.7. The van der Waals surface area contributed by atoms with Crippen molar-refractivity contribution in [3.8, 4) is 0 Å².